The minimum Gasteiger partial charge on any atom is -0.495 e. The van der Waals surface area contributed by atoms with Crippen molar-refractivity contribution in [3.8, 4) is 5.75 Å². The third-order valence-electron chi connectivity index (χ3n) is 3.88. The molecule has 0 saturated heterocycles. The normalized spacial score (nSPS) is 16.1. The van der Waals surface area contributed by atoms with Crippen molar-refractivity contribution >= 4 is 17.6 Å². The van der Waals surface area contributed by atoms with Gasteiger partial charge in [-0.25, -0.2) is 4.79 Å². The lowest BCUT2D eigenvalue weighted by Gasteiger charge is -2.39. The molecule has 0 spiro atoms. The van der Waals surface area contributed by atoms with Crippen LogP contribution in [0.5, 0.6) is 5.75 Å². The number of benzene rings is 1. The number of hydrogen-bond acceptors (Lipinski definition) is 4. The Morgan fingerprint density at radius 1 is 1.45 bits per heavy atom. The molecule has 0 bridgehead atoms. The van der Waals surface area contributed by atoms with Gasteiger partial charge in [0.05, 0.1) is 23.8 Å². The van der Waals surface area contributed by atoms with Gasteiger partial charge in [-0.2, -0.15) is 0 Å². The maximum Gasteiger partial charge on any atom is 0.335 e. The minimum atomic E-state index is -1.06. The fourth-order valence-corrected chi connectivity index (χ4v) is 2.32. The molecule has 1 amide bonds. The number of carbonyl (C=O) groups is 2. The smallest absolute Gasteiger partial charge is 0.335 e. The maximum absolute atomic E-state index is 12.3. The van der Waals surface area contributed by atoms with Crippen LogP contribution in [0, 0.1) is 5.41 Å². The zero-order chi connectivity index (χ0) is 14.8. The van der Waals surface area contributed by atoms with Gasteiger partial charge in [0, 0.05) is 6.54 Å². The lowest BCUT2D eigenvalue weighted by atomic mass is 9.68. The van der Waals surface area contributed by atoms with Crippen LogP contribution >= 0.6 is 0 Å². The Morgan fingerprint density at radius 3 is 2.60 bits per heavy atom. The number of anilines is 1. The van der Waals surface area contributed by atoms with Gasteiger partial charge in [-0.05, 0) is 31.0 Å². The van der Waals surface area contributed by atoms with Gasteiger partial charge in [-0.15, -0.1) is 0 Å². The second-order valence-electron chi connectivity index (χ2n) is 5.01. The van der Waals surface area contributed by atoms with E-state index in [1.807, 2.05) is 0 Å². The number of rotatable bonds is 5. The second kappa shape index (κ2) is 5.50. The summed E-state index contributed by atoms with van der Waals surface area (Å²) in [5, 5.41) is 11.7. The molecule has 0 unspecified atom stereocenters. The molecule has 0 atom stereocenters. The zero-order valence-corrected chi connectivity index (χ0v) is 11.3. The van der Waals surface area contributed by atoms with Gasteiger partial charge in [0.2, 0.25) is 5.91 Å². The molecule has 1 fully saturated rings. The predicted octanol–water partition coefficient (Wildman–Crippen LogP) is 1.46. The second-order valence-corrected chi connectivity index (χ2v) is 5.01. The first-order chi connectivity index (χ1) is 9.52. The average molecular weight is 278 g/mol. The maximum atomic E-state index is 12.3. The van der Waals surface area contributed by atoms with Crippen molar-refractivity contribution in [3.63, 3.8) is 0 Å². The van der Waals surface area contributed by atoms with E-state index in [0.717, 1.165) is 19.3 Å². The van der Waals surface area contributed by atoms with Gasteiger partial charge in [-0.1, -0.05) is 6.42 Å². The molecule has 1 aromatic carbocycles. The quantitative estimate of drug-likeness (QED) is 0.757. The molecule has 1 aromatic rings. The summed E-state index contributed by atoms with van der Waals surface area (Å²) in [5.74, 6) is -0.803. The Morgan fingerprint density at radius 2 is 2.15 bits per heavy atom. The van der Waals surface area contributed by atoms with Crippen LogP contribution in [0.3, 0.4) is 0 Å². The van der Waals surface area contributed by atoms with E-state index in [1.54, 1.807) is 0 Å². The van der Waals surface area contributed by atoms with Gasteiger partial charge >= 0.3 is 5.97 Å². The number of nitrogens with one attached hydrogen (secondary N) is 1. The summed E-state index contributed by atoms with van der Waals surface area (Å²) in [4.78, 5) is 23.3. The number of hydrogen-bond donors (Lipinski definition) is 3. The van der Waals surface area contributed by atoms with Gasteiger partial charge in [0.15, 0.2) is 0 Å². The molecule has 0 heterocycles. The Labute approximate surface area is 116 Å². The highest BCUT2D eigenvalue weighted by atomic mass is 16.5. The summed E-state index contributed by atoms with van der Waals surface area (Å²) >= 11 is 0. The van der Waals surface area contributed by atoms with E-state index in [-0.39, 0.29) is 11.5 Å². The molecule has 1 saturated carbocycles. The summed E-state index contributed by atoms with van der Waals surface area (Å²) in [6.07, 6.45) is 2.50. The standard InChI is InChI=1S/C14H18N2O4/c1-20-11-4-3-9(12(17)18)7-10(11)16-13(19)14(8-15)5-2-6-14/h3-4,7H,2,5-6,8,15H2,1H3,(H,16,19)(H,17,18). The van der Waals surface area contributed by atoms with Crippen LogP contribution in [0.25, 0.3) is 0 Å². The van der Waals surface area contributed by atoms with Crippen molar-refractivity contribution in [1.29, 1.82) is 0 Å². The average Bonchev–Trinajstić information content (AvgIpc) is 2.37. The van der Waals surface area contributed by atoms with Gasteiger partial charge in [-0.3, -0.25) is 4.79 Å². The van der Waals surface area contributed by atoms with Gasteiger partial charge in [0.25, 0.3) is 0 Å². The van der Waals surface area contributed by atoms with E-state index in [9.17, 15) is 9.59 Å². The molecule has 108 valence electrons. The summed E-state index contributed by atoms with van der Waals surface area (Å²) in [6.45, 7) is 0.291. The molecule has 20 heavy (non-hydrogen) atoms. The largest absolute Gasteiger partial charge is 0.495 e. The van der Waals surface area contributed by atoms with Crippen LogP contribution in [-0.2, 0) is 4.79 Å². The molecule has 0 radical (unpaired) electrons. The molecule has 2 rings (SSSR count). The number of carbonyl (C=O) groups excluding carboxylic acids is 1. The topological polar surface area (TPSA) is 102 Å². The third-order valence-corrected chi connectivity index (χ3v) is 3.88. The first-order valence-corrected chi connectivity index (χ1v) is 6.45. The molecule has 0 aliphatic heterocycles. The molecule has 0 aromatic heterocycles. The van der Waals surface area contributed by atoms with Crippen molar-refractivity contribution in [2.24, 2.45) is 11.1 Å². The van der Waals surface area contributed by atoms with E-state index in [2.05, 4.69) is 5.32 Å². The fourth-order valence-electron chi connectivity index (χ4n) is 2.32. The van der Waals surface area contributed by atoms with Crippen LogP contribution in [-0.4, -0.2) is 30.6 Å². The van der Waals surface area contributed by atoms with E-state index >= 15 is 0 Å². The number of amides is 1. The number of methoxy groups -OCH3 is 1. The number of carboxylic acids is 1. The molecule has 1 aliphatic rings. The van der Waals surface area contributed by atoms with E-state index in [0.29, 0.717) is 18.0 Å². The highest BCUT2D eigenvalue weighted by Crippen LogP contribution is 2.41. The number of ether oxygens (including phenoxy) is 1. The van der Waals surface area contributed by atoms with Crippen molar-refractivity contribution < 1.29 is 19.4 Å². The monoisotopic (exact) mass is 278 g/mol. The van der Waals surface area contributed by atoms with Crippen LogP contribution in [0.4, 0.5) is 5.69 Å². The molecular weight excluding hydrogens is 260 g/mol. The number of carboxylic acid groups (broad SMARTS) is 1. The van der Waals surface area contributed by atoms with Crippen LogP contribution in [0.15, 0.2) is 18.2 Å². The molecule has 4 N–H and O–H groups in total. The first-order valence-electron chi connectivity index (χ1n) is 6.45. The van der Waals surface area contributed by atoms with Crippen LogP contribution in [0.1, 0.15) is 29.6 Å². The Balaban J connectivity index is 2.25. The van der Waals surface area contributed by atoms with Crippen molar-refractivity contribution in [2.45, 2.75) is 19.3 Å². The summed E-state index contributed by atoms with van der Waals surface area (Å²) in [6, 6.07) is 4.34. The van der Waals surface area contributed by atoms with Gasteiger partial charge in [0.1, 0.15) is 5.75 Å². The van der Waals surface area contributed by atoms with Crippen LogP contribution in [0.2, 0.25) is 0 Å². The summed E-state index contributed by atoms with van der Waals surface area (Å²) < 4.78 is 5.14. The van der Waals surface area contributed by atoms with E-state index in [1.165, 1.54) is 25.3 Å². The van der Waals surface area contributed by atoms with E-state index < -0.39 is 11.4 Å². The Kier molecular flexibility index (Phi) is 3.94. The predicted molar refractivity (Wildman–Crippen MR) is 73.9 cm³/mol. The third kappa shape index (κ3) is 2.46. The lowest BCUT2D eigenvalue weighted by molar-refractivity contribution is -0.129. The number of aromatic carboxylic acids is 1. The molecule has 6 nitrogen and oxygen atoms in total. The van der Waals surface area contributed by atoms with Crippen molar-refractivity contribution in [3.05, 3.63) is 23.8 Å². The van der Waals surface area contributed by atoms with Crippen molar-refractivity contribution in [1.82, 2.24) is 0 Å². The van der Waals surface area contributed by atoms with E-state index in [4.69, 9.17) is 15.6 Å². The Hall–Kier alpha value is -2.08. The minimum absolute atomic E-state index is 0.0940. The molecular formula is C14H18N2O4. The first kappa shape index (κ1) is 14.3. The zero-order valence-electron chi connectivity index (χ0n) is 11.3. The highest BCUT2D eigenvalue weighted by Gasteiger charge is 2.43. The van der Waals surface area contributed by atoms with Crippen LogP contribution < -0.4 is 15.8 Å². The summed E-state index contributed by atoms with van der Waals surface area (Å²) in [5.41, 5.74) is 5.61. The molecule has 6 heteroatoms. The lowest BCUT2D eigenvalue weighted by Crippen LogP contribution is -2.47. The van der Waals surface area contributed by atoms with Gasteiger partial charge < -0.3 is 20.9 Å². The summed E-state index contributed by atoms with van der Waals surface area (Å²) in [7, 11) is 1.47. The SMILES string of the molecule is COc1ccc(C(=O)O)cc1NC(=O)C1(CN)CCC1. The van der Waals surface area contributed by atoms with Crippen molar-refractivity contribution in [2.75, 3.05) is 19.0 Å². The Bertz CT molecular complexity index is 532. The number of nitrogens with two attached hydrogens (primary N) is 1. The molecule has 1 aliphatic carbocycles. The fraction of sp³-hybridized carbons (Fsp3) is 0.429. The highest BCUT2D eigenvalue weighted by molar-refractivity contribution is 5.99.